The van der Waals surface area contributed by atoms with E-state index >= 15 is 0 Å². The number of piperidine rings is 1. The number of anilines is 2. The number of carbonyl (C=O) groups excluding carboxylic acids is 1. The largest absolute Gasteiger partial charge is 0.393 e. The van der Waals surface area contributed by atoms with Gasteiger partial charge in [-0.1, -0.05) is 30.3 Å². The molecule has 3 rings (SSSR count). The van der Waals surface area contributed by atoms with Gasteiger partial charge in [0, 0.05) is 13.1 Å². The molecule has 0 spiro atoms. The predicted octanol–water partition coefficient (Wildman–Crippen LogP) is 3.55. The molecule has 2 aromatic rings. The number of amides is 1. The number of nitrogens with zero attached hydrogens (tertiary/aromatic N) is 1. The summed E-state index contributed by atoms with van der Waals surface area (Å²) in [4.78, 5) is 14.7. The maximum absolute atomic E-state index is 12.5. The van der Waals surface area contributed by atoms with Gasteiger partial charge in [-0.2, -0.15) is 0 Å². The van der Waals surface area contributed by atoms with Gasteiger partial charge in [0.15, 0.2) is 0 Å². The number of aliphatic hydroxyl groups is 1. The van der Waals surface area contributed by atoms with E-state index in [1.54, 1.807) is 0 Å². The van der Waals surface area contributed by atoms with Gasteiger partial charge in [0.25, 0.3) is 0 Å². The van der Waals surface area contributed by atoms with Gasteiger partial charge in [0.1, 0.15) is 0 Å². The molecule has 0 aliphatic carbocycles. The Morgan fingerprint density at radius 3 is 2.57 bits per heavy atom. The zero-order valence-corrected chi connectivity index (χ0v) is 17.0. The van der Waals surface area contributed by atoms with E-state index in [1.807, 2.05) is 25.1 Å². The van der Waals surface area contributed by atoms with E-state index in [2.05, 4.69) is 53.6 Å². The Labute approximate surface area is 167 Å². The summed E-state index contributed by atoms with van der Waals surface area (Å²) >= 11 is 0. The van der Waals surface area contributed by atoms with Gasteiger partial charge in [0.05, 0.1) is 30.1 Å². The highest BCUT2D eigenvalue weighted by Crippen LogP contribution is 2.28. The van der Waals surface area contributed by atoms with Crippen molar-refractivity contribution in [3.63, 3.8) is 0 Å². The van der Waals surface area contributed by atoms with Crippen molar-refractivity contribution in [2.75, 3.05) is 29.9 Å². The van der Waals surface area contributed by atoms with Gasteiger partial charge in [-0.15, -0.1) is 0 Å². The maximum atomic E-state index is 12.5. The molecule has 5 heteroatoms. The number of rotatable bonds is 6. The summed E-state index contributed by atoms with van der Waals surface area (Å²) in [6, 6.07) is 14.3. The van der Waals surface area contributed by atoms with Crippen molar-refractivity contribution in [1.29, 1.82) is 0 Å². The standard InChI is InChI=1S/C23H31N3O2/c1-16-8-9-19(14-17(16)2)18(3)25-23(28)15-24-21-6-4-5-7-22(21)26-12-10-20(27)11-13-26/h4-9,14,18,20,24,27H,10-13,15H2,1-3H3,(H,25,28). The third-order valence-electron chi connectivity index (χ3n) is 5.56. The Kier molecular flexibility index (Phi) is 6.57. The van der Waals surface area contributed by atoms with Gasteiger partial charge in [-0.05, 0) is 62.4 Å². The Hall–Kier alpha value is -2.53. The zero-order valence-electron chi connectivity index (χ0n) is 17.0. The molecule has 1 aliphatic rings. The summed E-state index contributed by atoms with van der Waals surface area (Å²) in [6.45, 7) is 8.07. The first-order valence-corrected chi connectivity index (χ1v) is 10.1. The van der Waals surface area contributed by atoms with Crippen molar-refractivity contribution in [1.82, 2.24) is 5.32 Å². The second-order valence-electron chi connectivity index (χ2n) is 7.72. The molecule has 0 bridgehead atoms. The molecule has 3 N–H and O–H groups in total. The second kappa shape index (κ2) is 9.11. The van der Waals surface area contributed by atoms with Gasteiger partial charge >= 0.3 is 0 Å². The van der Waals surface area contributed by atoms with Crippen LogP contribution < -0.4 is 15.5 Å². The molecule has 0 radical (unpaired) electrons. The summed E-state index contributed by atoms with van der Waals surface area (Å²) in [5, 5.41) is 16.1. The Morgan fingerprint density at radius 2 is 1.86 bits per heavy atom. The summed E-state index contributed by atoms with van der Waals surface area (Å²) in [5.74, 6) is -0.0328. The van der Waals surface area contributed by atoms with Crippen LogP contribution in [0.25, 0.3) is 0 Å². The van der Waals surface area contributed by atoms with Gasteiger partial charge in [0.2, 0.25) is 5.91 Å². The van der Waals surface area contributed by atoms with E-state index < -0.39 is 0 Å². The van der Waals surface area contributed by atoms with Gasteiger partial charge in [-0.3, -0.25) is 4.79 Å². The van der Waals surface area contributed by atoms with Crippen molar-refractivity contribution < 1.29 is 9.90 Å². The third-order valence-corrected chi connectivity index (χ3v) is 5.56. The van der Waals surface area contributed by atoms with Crippen LogP contribution in [0.1, 0.15) is 42.5 Å². The molecule has 5 nitrogen and oxygen atoms in total. The van der Waals surface area contributed by atoms with Crippen LogP contribution in [0.5, 0.6) is 0 Å². The molecule has 0 aromatic heterocycles. The lowest BCUT2D eigenvalue weighted by molar-refractivity contribution is -0.120. The fraction of sp³-hybridized carbons (Fsp3) is 0.435. The smallest absolute Gasteiger partial charge is 0.239 e. The lowest BCUT2D eigenvalue weighted by Crippen LogP contribution is -2.36. The number of para-hydroxylation sites is 2. The van der Waals surface area contributed by atoms with Crippen LogP contribution in [0, 0.1) is 13.8 Å². The summed E-state index contributed by atoms with van der Waals surface area (Å²) in [5.41, 5.74) is 5.64. The highest BCUT2D eigenvalue weighted by atomic mass is 16.3. The Balaban J connectivity index is 1.58. The summed E-state index contributed by atoms with van der Waals surface area (Å²) in [7, 11) is 0. The first-order chi connectivity index (χ1) is 13.4. The molecular weight excluding hydrogens is 350 g/mol. The predicted molar refractivity (Wildman–Crippen MR) is 115 cm³/mol. The molecule has 1 aliphatic heterocycles. The van der Waals surface area contributed by atoms with Gasteiger partial charge in [-0.25, -0.2) is 0 Å². The molecule has 1 saturated heterocycles. The molecule has 1 fully saturated rings. The number of benzene rings is 2. The van der Waals surface area contributed by atoms with E-state index in [0.717, 1.165) is 42.9 Å². The first-order valence-electron chi connectivity index (χ1n) is 10.1. The quantitative estimate of drug-likeness (QED) is 0.716. The number of carbonyl (C=O) groups is 1. The van der Waals surface area contributed by atoms with E-state index in [4.69, 9.17) is 0 Å². The normalized spacial score (nSPS) is 15.9. The topological polar surface area (TPSA) is 64.6 Å². The van der Waals surface area contributed by atoms with Crippen LogP contribution in [-0.2, 0) is 4.79 Å². The van der Waals surface area contributed by atoms with Gasteiger partial charge < -0.3 is 20.6 Å². The summed E-state index contributed by atoms with van der Waals surface area (Å²) in [6.07, 6.45) is 1.36. The minimum Gasteiger partial charge on any atom is -0.393 e. The van der Waals surface area contributed by atoms with Crippen molar-refractivity contribution in [3.05, 3.63) is 59.2 Å². The van der Waals surface area contributed by atoms with Crippen molar-refractivity contribution in [3.8, 4) is 0 Å². The zero-order chi connectivity index (χ0) is 20.1. The van der Waals surface area contributed by atoms with Crippen LogP contribution >= 0.6 is 0 Å². The highest BCUT2D eigenvalue weighted by molar-refractivity contribution is 5.83. The molecule has 1 amide bonds. The number of aliphatic hydroxyl groups excluding tert-OH is 1. The third kappa shape index (κ3) is 5.04. The fourth-order valence-corrected chi connectivity index (χ4v) is 3.59. The average molecular weight is 382 g/mol. The van der Waals surface area contributed by atoms with Crippen molar-refractivity contribution in [2.24, 2.45) is 0 Å². The van der Waals surface area contributed by atoms with E-state index in [9.17, 15) is 9.90 Å². The monoisotopic (exact) mass is 381 g/mol. The van der Waals surface area contributed by atoms with Crippen LogP contribution in [0.4, 0.5) is 11.4 Å². The fourth-order valence-electron chi connectivity index (χ4n) is 3.59. The molecule has 0 saturated carbocycles. The van der Waals surface area contributed by atoms with Crippen LogP contribution in [0.2, 0.25) is 0 Å². The number of aryl methyl sites for hydroxylation is 2. The van der Waals surface area contributed by atoms with E-state index in [1.165, 1.54) is 11.1 Å². The molecular formula is C23H31N3O2. The Morgan fingerprint density at radius 1 is 1.14 bits per heavy atom. The Bertz CT molecular complexity index is 813. The molecule has 150 valence electrons. The van der Waals surface area contributed by atoms with Crippen LogP contribution in [0.15, 0.2) is 42.5 Å². The minimum absolute atomic E-state index is 0.0328. The lowest BCUT2D eigenvalue weighted by atomic mass is 10.0. The molecule has 1 heterocycles. The molecule has 28 heavy (non-hydrogen) atoms. The molecule has 1 atom stereocenters. The highest BCUT2D eigenvalue weighted by Gasteiger charge is 2.19. The second-order valence-corrected chi connectivity index (χ2v) is 7.72. The summed E-state index contributed by atoms with van der Waals surface area (Å²) < 4.78 is 0. The van der Waals surface area contributed by atoms with Crippen LogP contribution in [0.3, 0.4) is 0 Å². The van der Waals surface area contributed by atoms with Crippen molar-refractivity contribution in [2.45, 2.75) is 45.8 Å². The van der Waals surface area contributed by atoms with Crippen LogP contribution in [-0.4, -0.2) is 36.8 Å². The number of nitrogens with one attached hydrogen (secondary N) is 2. The minimum atomic E-state index is -0.200. The lowest BCUT2D eigenvalue weighted by Gasteiger charge is -2.33. The molecule has 1 unspecified atom stereocenters. The average Bonchev–Trinajstić information content (AvgIpc) is 2.69. The SMILES string of the molecule is Cc1ccc(C(C)NC(=O)CNc2ccccc2N2CCC(O)CC2)cc1C. The maximum Gasteiger partial charge on any atom is 0.239 e. The van der Waals surface area contributed by atoms with Crippen molar-refractivity contribution >= 4 is 17.3 Å². The molecule has 2 aromatic carbocycles. The number of hydrogen-bond donors (Lipinski definition) is 3. The number of hydrogen-bond acceptors (Lipinski definition) is 4. The van der Waals surface area contributed by atoms with E-state index in [-0.39, 0.29) is 24.6 Å². The van der Waals surface area contributed by atoms with E-state index in [0.29, 0.717) is 0 Å². The first kappa shape index (κ1) is 20.2.